The van der Waals surface area contributed by atoms with Crippen molar-refractivity contribution < 1.29 is 9.26 Å². The Morgan fingerprint density at radius 2 is 2.15 bits per heavy atom. The Morgan fingerprint density at radius 3 is 2.90 bits per heavy atom. The van der Waals surface area contributed by atoms with Crippen LogP contribution in [0.5, 0.6) is 0 Å². The fourth-order valence-electron chi connectivity index (χ4n) is 3.58. The molecule has 0 aromatic carbocycles. The maximum Gasteiger partial charge on any atom is 0.223 e. The van der Waals surface area contributed by atoms with Crippen LogP contribution < -0.4 is 0 Å². The van der Waals surface area contributed by atoms with Gasteiger partial charge in [-0.1, -0.05) is 5.16 Å². The molecule has 4 rings (SSSR count). The van der Waals surface area contributed by atoms with Crippen molar-refractivity contribution in [3.8, 4) is 0 Å². The molecule has 0 amide bonds. The van der Waals surface area contributed by atoms with Gasteiger partial charge in [0.15, 0.2) is 5.82 Å². The smallest absolute Gasteiger partial charge is 0.223 e. The van der Waals surface area contributed by atoms with Crippen LogP contribution in [-0.4, -0.2) is 64.9 Å². The first-order valence-electron chi connectivity index (χ1n) is 7.64. The Morgan fingerprint density at radius 1 is 1.25 bits per heavy atom. The van der Waals surface area contributed by atoms with Gasteiger partial charge in [0.05, 0.1) is 19.8 Å². The maximum atomic E-state index is 5.84. The molecular formula is C14H22N4O2. The topological polar surface area (TPSA) is 54.6 Å². The Balaban J connectivity index is 1.39. The van der Waals surface area contributed by atoms with Crippen molar-refractivity contribution in [3.05, 3.63) is 11.7 Å². The molecular weight excluding hydrogens is 256 g/mol. The van der Waals surface area contributed by atoms with Crippen molar-refractivity contribution in [1.29, 1.82) is 0 Å². The van der Waals surface area contributed by atoms with Gasteiger partial charge in [-0.05, 0) is 18.8 Å². The predicted octanol–water partition coefficient (Wildman–Crippen LogP) is 0.673. The van der Waals surface area contributed by atoms with Gasteiger partial charge < -0.3 is 9.26 Å². The first-order valence-corrected chi connectivity index (χ1v) is 7.64. The second-order valence-corrected chi connectivity index (χ2v) is 6.30. The van der Waals surface area contributed by atoms with Crippen molar-refractivity contribution in [3.63, 3.8) is 0 Å². The molecule has 1 aliphatic carbocycles. The largest absolute Gasteiger partial charge is 0.378 e. The van der Waals surface area contributed by atoms with Crippen molar-refractivity contribution >= 4 is 0 Å². The minimum absolute atomic E-state index is 0.538. The lowest BCUT2D eigenvalue weighted by Gasteiger charge is -2.48. The number of nitrogens with zero attached hydrogens (tertiary/aromatic N) is 4. The van der Waals surface area contributed by atoms with Crippen molar-refractivity contribution in [2.75, 3.05) is 32.8 Å². The van der Waals surface area contributed by atoms with Crippen molar-refractivity contribution in [1.82, 2.24) is 19.9 Å². The number of hydrogen-bond acceptors (Lipinski definition) is 6. The minimum Gasteiger partial charge on any atom is -0.378 e. The normalized spacial score (nSPS) is 32.2. The standard InChI is InChI=1S/C14H22N4O2/c1-10-15-14(16-20-10)7-17-4-5-18-12(6-17)8-19-9-13(18)11-2-3-11/h11-13H,2-9H2,1H3/t12-,13-/m1/s1. The third-order valence-electron chi connectivity index (χ3n) is 4.74. The molecule has 1 saturated carbocycles. The number of morpholine rings is 1. The maximum absolute atomic E-state index is 5.84. The summed E-state index contributed by atoms with van der Waals surface area (Å²) in [6.07, 6.45) is 2.78. The van der Waals surface area contributed by atoms with Gasteiger partial charge in [-0.25, -0.2) is 0 Å². The minimum atomic E-state index is 0.538. The quantitative estimate of drug-likeness (QED) is 0.810. The Labute approximate surface area is 119 Å². The van der Waals surface area contributed by atoms with E-state index < -0.39 is 0 Å². The highest BCUT2D eigenvalue weighted by atomic mass is 16.5. The number of ether oxygens (including phenoxy) is 1. The Bertz CT molecular complexity index is 473. The zero-order valence-electron chi connectivity index (χ0n) is 12.0. The summed E-state index contributed by atoms with van der Waals surface area (Å²) in [6, 6.07) is 1.21. The molecule has 2 saturated heterocycles. The van der Waals surface area contributed by atoms with Gasteiger partial charge in [-0.3, -0.25) is 9.80 Å². The fraction of sp³-hybridized carbons (Fsp3) is 0.857. The molecule has 2 aliphatic heterocycles. The number of aromatic nitrogens is 2. The van der Waals surface area contributed by atoms with Crippen LogP contribution in [0.4, 0.5) is 0 Å². The van der Waals surface area contributed by atoms with E-state index in [1.165, 1.54) is 12.8 Å². The zero-order valence-corrected chi connectivity index (χ0v) is 12.0. The summed E-state index contributed by atoms with van der Waals surface area (Å²) in [7, 11) is 0. The summed E-state index contributed by atoms with van der Waals surface area (Å²) >= 11 is 0. The molecule has 3 fully saturated rings. The summed E-state index contributed by atoms with van der Waals surface area (Å²) in [4.78, 5) is 9.41. The molecule has 0 spiro atoms. The van der Waals surface area contributed by atoms with Crippen LogP contribution in [0.25, 0.3) is 0 Å². The van der Waals surface area contributed by atoms with E-state index in [0.717, 1.165) is 51.1 Å². The molecule has 0 bridgehead atoms. The summed E-state index contributed by atoms with van der Waals surface area (Å²) < 4.78 is 10.9. The van der Waals surface area contributed by atoms with E-state index in [1.807, 2.05) is 6.92 Å². The fourth-order valence-corrected chi connectivity index (χ4v) is 3.58. The van der Waals surface area contributed by atoms with Gasteiger partial charge in [0.2, 0.25) is 5.89 Å². The van der Waals surface area contributed by atoms with Crippen LogP contribution in [0.15, 0.2) is 4.52 Å². The lowest BCUT2D eigenvalue weighted by Crippen LogP contribution is -2.62. The van der Waals surface area contributed by atoms with E-state index in [-0.39, 0.29) is 0 Å². The van der Waals surface area contributed by atoms with Crippen molar-refractivity contribution in [2.24, 2.45) is 5.92 Å². The average molecular weight is 278 g/mol. The van der Waals surface area contributed by atoms with Gasteiger partial charge in [-0.15, -0.1) is 0 Å². The Hall–Kier alpha value is -0.980. The van der Waals surface area contributed by atoms with Crippen LogP contribution in [0, 0.1) is 12.8 Å². The number of aryl methyl sites for hydroxylation is 1. The number of rotatable bonds is 3. The summed E-state index contributed by atoms with van der Waals surface area (Å²) in [5.74, 6) is 2.34. The molecule has 3 aliphatic rings. The molecule has 1 aromatic heterocycles. The van der Waals surface area contributed by atoms with Gasteiger partial charge >= 0.3 is 0 Å². The van der Waals surface area contributed by atoms with E-state index in [1.54, 1.807) is 0 Å². The molecule has 0 unspecified atom stereocenters. The first-order chi connectivity index (χ1) is 9.79. The van der Waals surface area contributed by atoms with Gasteiger partial charge in [0, 0.05) is 38.6 Å². The van der Waals surface area contributed by atoms with Gasteiger partial charge in [-0.2, -0.15) is 4.98 Å². The molecule has 6 heteroatoms. The van der Waals surface area contributed by atoms with E-state index in [0.29, 0.717) is 18.0 Å². The van der Waals surface area contributed by atoms with E-state index in [4.69, 9.17) is 9.26 Å². The summed E-state index contributed by atoms with van der Waals surface area (Å²) in [6.45, 7) is 7.71. The van der Waals surface area contributed by atoms with E-state index >= 15 is 0 Å². The number of piperazine rings is 1. The van der Waals surface area contributed by atoms with Crippen LogP contribution >= 0.6 is 0 Å². The SMILES string of the molecule is Cc1nc(CN2CCN3[C@@H](COC[C@@H]3C3CC3)C2)no1. The van der Waals surface area contributed by atoms with Crippen LogP contribution in [0.2, 0.25) is 0 Å². The highest BCUT2D eigenvalue weighted by Gasteiger charge is 2.42. The average Bonchev–Trinajstić information content (AvgIpc) is 3.22. The highest BCUT2D eigenvalue weighted by molar-refractivity contribution is 4.97. The third kappa shape index (κ3) is 2.47. The molecule has 20 heavy (non-hydrogen) atoms. The summed E-state index contributed by atoms with van der Waals surface area (Å²) in [5.41, 5.74) is 0. The lowest BCUT2D eigenvalue weighted by atomic mass is 10.0. The van der Waals surface area contributed by atoms with E-state index in [9.17, 15) is 0 Å². The van der Waals surface area contributed by atoms with Crippen molar-refractivity contribution in [2.45, 2.75) is 38.4 Å². The molecule has 6 nitrogen and oxygen atoms in total. The van der Waals surface area contributed by atoms with Gasteiger partial charge in [0.1, 0.15) is 0 Å². The first kappa shape index (κ1) is 12.7. The molecule has 0 N–H and O–H groups in total. The number of hydrogen-bond donors (Lipinski definition) is 0. The monoisotopic (exact) mass is 278 g/mol. The lowest BCUT2D eigenvalue weighted by molar-refractivity contribution is -0.0883. The molecule has 110 valence electrons. The van der Waals surface area contributed by atoms with Crippen LogP contribution in [0.3, 0.4) is 0 Å². The predicted molar refractivity (Wildman–Crippen MR) is 72.1 cm³/mol. The highest BCUT2D eigenvalue weighted by Crippen LogP contribution is 2.38. The van der Waals surface area contributed by atoms with Crippen LogP contribution in [-0.2, 0) is 11.3 Å². The van der Waals surface area contributed by atoms with E-state index in [2.05, 4.69) is 19.9 Å². The third-order valence-corrected chi connectivity index (χ3v) is 4.74. The molecule has 0 radical (unpaired) electrons. The molecule has 3 heterocycles. The summed E-state index contributed by atoms with van der Waals surface area (Å²) in [5, 5.41) is 3.99. The second kappa shape index (κ2) is 5.09. The van der Waals surface area contributed by atoms with Crippen LogP contribution in [0.1, 0.15) is 24.6 Å². The van der Waals surface area contributed by atoms with Gasteiger partial charge in [0.25, 0.3) is 0 Å². The number of fused-ring (bicyclic) bond motifs is 1. The second-order valence-electron chi connectivity index (χ2n) is 6.30. The molecule has 2 atom stereocenters. The zero-order chi connectivity index (χ0) is 13.5. The Kier molecular flexibility index (Phi) is 3.24. The molecule has 1 aromatic rings.